The highest BCUT2D eigenvalue weighted by atomic mass is 32.1. The van der Waals surface area contributed by atoms with E-state index in [2.05, 4.69) is 9.36 Å². The summed E-state index contributed by atoms with van der Waals surface area (Å²) < 4.78 is 4.34. The second kappa shape index (κ2) is 5.44. The van der Waals surface area contributed by atoms with Crippen LogP contribution in [-0.4, -0.2) is 26.5 Å². The molecule has 0 spiro atoms. The second-order valence-electron chi connectivity index (χ2n) is 5.54. The molecule has 110 valence electrons. The van der Waals surface area contributed by atoms with Gasteiger partial charge < -0.3 is 10.0 Å². The molecule has 0 fully saturated rings. The number of rotatable bonds is 3. The molecule has 1 aliphatic rings. The number of aliphatic carboxylic acids is 1. The fourth-order valence-electron chi connectivity index (χ4n) is 2.52. The lowest BCUT2D eigenvalue weighted by Gasteiger charge is -2.33. The van der Waals surface area contributed by atoms with Crippen molar-refractivity contribution in [1.82, 2.24) is 9.36 Å². The fourth-order valence-corrected chi connectivity index (χ4v) is 3.38. The second-order valence-corrected chi connectivity index (χ2v) is 6.27. The van der Waals surface area contributed by atoms with Crippen LogP contribution in [0.3, 0.4) is 0 Å². The molecule has 1 N–H and O–H groups in total. The first-order chi connectivity index (χ1) is 10.1. The smallest absolute Gasteiger partial charge is 0.326 e. The SMILES string of the molecule is CC(C)c1nsc(N2Cc3ccccc3CC2C(=O)O)n1. The van der Waals surface area contributed by atoms with Crippen molar-refractivity contribution in [2.75, 3.05) is 4.90 Å². The Kier molecular flexibility index (Phi) is 3.63. The standard InChI is InChI=1S/C15H17N3O2S/c1-9(2)13-16-15(21-17-13)18-8-11-6-4-3-5-10(11)7-12(18)14(19)20/h3-6,9,12H,7-8H2,1-2H3,(H,19,20). The van der Waals surface area contributed by atoms with Crippen LogP contribution in [-0.2, 0) is 17.8 Å². The fraction of sp³-hybridized carbons (Fsp3) is 0.400. The van der Waals surface area contributed by atoms with Crippen molar-refractivity contribution < 1.29 is 9.90 Å². The number of hydrogen-bond donors (Lipinski definition) is 1. The lowest BCUT2D eigenvalue weighted by atomic mass is 9.94. The first-order valence-electron chi connectivity index (χ1n) is 6.96. The summed E-state index contributed by atoms with van der Waals surface area (Å²) in [6.07, 6.45) is 0.502. The Morgan fingerprint density at radius 1 is 1.38 bits per heavy atom. The molecule has 2 aromatic rings. The number of aromatic nitrogens is 2. The number of benzene rings is 1. The first-order valence-corrected chi connectivity index (χ1v) is 7.73. The van der Waals surface area contributed by atoms with E-state index in [1.165, 1.54) is 11.5 Å². The number of carbonyl (C=O) groups is 1. The lowest BCUT2D eigenvalue weighted by molar-refractivity contribution is -0.138. The molecule has 0 radical (unpaired) electrons. The molecule has 1 aliphatic heterocycles. The van der Waals surface area contributed by atoms with E-state index < -0.39 is 12.0 Å². The van der Waals surface area contributed by atoms with Crippen LogP contribution in [0.25, 0.3) is 0 Å². The Hall–Kier alpha value is -1.95. The first kappa shape index (κ1) is 14.0. The molecule has 0 bridgehead atoms. The van der Waals surface area contributed by atoms with Crippen molar-refractivity contribution in [2.24, 2.45) is 0 Å². The zero-order chi connectivity index (χ0) is 15.0. The quantitative estimate of drug-likeness (QED) is 0.944. The third-order valence-electron chi connectivity index (χ3n) is 3.73. The number of fused-ring (bicyclic) bond motifs is 1. The lowest BCUT2D eigenvalue weighted by Crippen LogP contribution is -2.45. The Morgan fingerprint density at radius 3 is 2.71 bits per heavy atom. The van der Waals surface area contributed by atoms with Crippen molar-refractivity contribution in [3.63, 3.8) is 0 Å². The maximum atomic E-state index is 11.6. The molecule has 0 saturated carbocycles. The van der Waals surface area contributed by atoms with Crippen LogP contribution in [0.5, 0.6) is 0 Å². The van der Waals surface area contributed by atoms with Gasteiger partial charge in [-0.3, -0.25) is 0 Å². The van der Waals surface area contributed by atoms with Crippen LogP contribution < -0.4 is 4.90 Å². The summed E-state index contributed by atoms with van der Waals surface area (Å²) in [6.45, 7) is 4.64. The Labute approximate surface area is 127 Å². The largest absolute Gasteiger partial charge is 0.480 e. The molecular formula is C15H17N3O2S. The maximum Gasteiger partial charge on any atom is 0.326 e. The van der Waals surface area contributed by atoms with E-state index >= 15 is 0 Å². The minimum Gasteiger partial charge on any atom is -0.480 e. The molecule has 2 heterocycles. The minimum atomic E-state index is -0.814. The average molecular weight is 303 g/mol. The van der Waals surface area contributed by atoms with E-state index in [-0.39, 0.29) is 5.92 Å². The highest BCUT2D eigenvalue weighted by Gasteiger charge is 2.33. The van der Waals surface area contributed by atoms with Gasteiger partial charge in [-0.2, -0.15) is 4.37 Å². The molecule has 0 amide bonds. The van der Waals surface area contributed by atoms with Crippen molar-refractivity contribution in [3.8, 4) is 0 Å². The molecule has 0 saturated heterocycles. The van der Waals surface area contributed by atoms with Crippen molar-refractivity contribution >= 4 is 22.6 Å². The third kappa shape index (κ3) is 2.63. The van der Waals surface area contributed by atoms with Crippen LogP contribution in [0, 0.1) is 0 Å². The van der Waals surface area contributed by atoms with Crippen molar-refractivity contribution in [1.29, 1.82) is 0 Å². The van der Waals surface area contributed by atoms with Gasteiger partial charge in [-0.05, 0) is 11.1 Å². The van der Waals surface area contributed by atoms with E-state index in [0.717, 1.165) is 17.0 Å². The molecule has 0 aliphatic carbocycles. The van der Waals surface area contributed by atoms with Crippen molar-refractivity contribution in [2.45, 2.75) is 38.8 Å². The molecular weight excluding hydrogens is 286 g/mol. The monoisotopic (exact) mass is 303 g/mol. The van der Waals surface area contributed by atoms with Crippen LogP contribution in [0.1, 0.15) is 36.7 Å². The highest BCUT2D eigenvalue weighted by molar-refractivity contribution is 7.09. The van der Waals surface area contributed by atoms with E-state index in [1.807, 2.05) is 43.0 Å². The van der Waals surface area contributed by atoms with Crippen LogP contribution in [0.2, 0.25) is 0 Å². The van der Waals surface area contributed by atoms with E-state index in [1.54, 1.807) is 0 Å². The predicted molar refractivity (Wildman–Crippen MR) is 81.8 cm³/mol. The maximum absolute atomic E-state index is 11.6. The summed E-state index contributed by atoms with van der Waals surface area (Å²) in [6, 6.07) is 7.41. The van der Waals surface area contributed by atoms with E-state index in [0.29, 0.717) is 18.1 Å². The van der Waals surface area contributed by atoms with Gasteiger partial charge in [0.05, 0.1) is 0 Å². The summed E-state index contributed by atoms with van der Waals surface area (Å²) in [5.74, 6) is 0.208. The highest BCUT2D eigenvalue weighted by Crippen LogP contribution is 2.30. The summed E-state index contributed by atoms with van der Waals surface area (Å²) in [7, 11) is 0. The topological polar surface area (TPSA) is 66.3 Å². The van der Waals surface area contributed by atoms with Crippen LogP contribution >= 0.6 is 11.5 Å². The van der Waals surface area contributed by atoms with Gasteiger partial charge in [0.2, 0.25) is 5.13 Å². The molecule has 1 aromatic carbocycles. The molecule has 1 aromatic heterocycles. The molecule has 3 rings (SSSR count). The number of nitrogens with zero attached hydrogens (tertiary/aromatic N) is 3. The number of carboxylic acid groups (broad SMARTS) is 1. The Balaban J connectivity index is 1.97. The number of anilines is 1. The summed E-state index contributed by atoms with van der Waals surface area (Å²) in [4.78, 5) is 18.0. The number of hydrogen-bond acceptors (Lipinski definition) is 5. The van der Waals surface area contributed by atoms with Gasteiger partial charge in [0, 0.05) is 30.4 Å². The Morgan fingerprint density at radius 2 is 2.10 bits per heavy atom. The van der Waals surface area contributed by atoms with Crippen molar-refractivity contribution in [3.05, 3.63) is 41.2 Å². The van der Waals surface area contributed by atoms with Gasteiger partial charge in [-0.25, -0.2) is 9.78 Å². The normalized spacial score (nSPS) is 17.9. The molecule has 6 heteroatoms. The minimum absolute atomic E-state index is 0.246. The molecule has 1 atom stereocenters. The number of carboxylic acids is 1. The summed E-state index contributed by atoms with van der Waals surface area (Å²) in [5, 5.41) is 10.2. The van der Waals surface area contributed by atoms with Gasteiger partial charge in [-0.15, -0.1) is 0 Å². The van der Waals surface area contributed by atoms with Gasteiger partial charge in [0.1, 0.15) is 11.9 Å². The Bertz CT molecular complexity index is 668. The summed E-state index contributed by atoms with van der Waals surface area (Å²) in [5.41, 5.74) is 2.27. The average Bonchev–Trinajstić information content (AvgIpc) is 2.95. The van der Waals surface area contributed by atoms with E-state index in [9.17, 15) is 9.90 Å². The summed E-state index contributed by atoms with van der Waals surface area (Å²) >= 11 is 1.28. The molecule has 5 nitrogen and oxygen atoms in total. The van der Waals surface area contributed by atoms with Gasteiger partial charge in [0.15, 0.2) is 0 Å². The zero-order valence-corrected chi connectivity index (χ0v) is 12.8. The van der Waals surface area contributed by atoms with Gasteiger partial charge >= 0.3 is 5.97 Å². The zero-order valence-electron chi connectivity index (χ0n) is 12.0. The van der Waals surface area contributed by atoms with Crippen LogP contribution in [0.4, 0.5) is 5.13 Å². The third-order valence-corrected chi connectivity index (χ3v) is 4.49. The van der Waals surface area contributed by atoms with Gasteiger partial charge in [-0.1, -0.05) is 38.1 Å². The van der Waals surface area contributed by atoms with E-state index in [4.69, 9.17) is 0 Å². The predicted octanol–water partition coefficient (Wildman–Crippen LogP) is 2.68. The molecule has 21 heavy (non-hydrogen) atoms. The van der Waals surface area contributed by atoms with Gasteiger partial charge in [0.25, 0.3) is 0 Å². The van der Waals surface area contributed by atoms with Crippen LogP contribution in [0.15, 0.2) is 24.3 Å². The molecule has 1 unspecified atom stereocenters.